The molecule has 28 heavy (non-hydrogen) atoms. The maximum absolute atomic E-state index is 13.2. The second-order valence-corrected chi connectivity index (χ2v) is 10.4. The Morgan fingerprint density at radius 3 is 2.82 bits per heavy atom. The molecular formula is C20H26N2O5S. The molecule has 7 nitrogen and oxygen atoms in total. The zero-order valence-electron chi connectivity index (χ0n) is 16.0. The van der Waals surface area contributed by atoms with Crippen molar-refractivity contribution in [3.63, 3.8) is 0 Å². The predicted molar refractivity (Wildman–Crippen MR) is 102 cm³/mol. The first-order valence-corrected chi connectivity index (χ1v) is 11.6. The van der Waals surface area contributed by atoms with E-state index in [0.29, 0.717) is 30.3 Å². The molecule has 4 aliphatic rings. The van der Waals surface area contributed by atoms with Crippen molar-refractivity contribution >= 4 is 21.6 Å². The first kappa shape index (κ1) is 18.5. The number of rotatable bonds is 4. The number of piperidine rings is 1. The molecule has 5 rings (SSSR count). The van der Waals surface area contributed by atoms with E-state index in [1.807, 2.05) is 6.92 Å². The molecule has 3 heterocycles. The van der Waals surface area contributed by atoms with Gasteiger partial charge < -0.3 is 14.8 Å². The third-order valence-electron chi connectivity index (χ3n) is 6.34. The Morgan fingerprint density at radius 1 is 1.25 bits per heavy atom. The Hall–Kier alpha value is -1.48. The van der Waals surface area contributed by atoms with E-state index in [1.165, 1.54) is 12.8 Å². The van der Waals surface area contributed by atoms with Crippen molar-refractivity contribution in [2.75, 3.05) is 18.5 Å². The number of carbonyl (C=O) groups is 1. The van der Waals surface area contributed by atoms with Crippen LogP contribution in [0.2, 0.25) is 0 Å². The molecule has 3 atom stereocenters. The van der Waals surface area contributed by atoms with Gasteiger partial charge in [0, 0.05) is 18.2 Å². The largest absolute Gasteiger partial charge is 0.336 e. The Morgan fingerprint density at radius 2 is 2.07 bits per heavy atom. The number of ether oxygens (including phenoxy) is 2. The molecule has 3 fully saturated rings. The van der Waals surface area contributed by atoms with Crippen LogP contribution in [0.3, 0.4) is 0 Å². The van der Waals surface area contributed by atoms with Gasteiger partial charge in [-0.25, -0.2) is 8.42 Å². The number of fused-ring (bicyclic) bond motifs is 2. The van der Waals surface area contributed by atoms with Crippen LogP contribution in [0.1, 0.15) is 51.0 Å². The molecule has 1 aliphatic carbocycles. The Bertz CT molecular complexity index is 913. The maximum Gasteiger partial charge on any atom is 0.289 e. The molecule has 2 saturated heterocycles. The van der Waals surface area contributed by atoms with Gasteiger partial charge in [-0.15, -0.1) is 0 Å². The van der Waals surface area contributed by atoms with Gasteiger partial charge in [-0.3, -0.25) is 4.79 Å². The van der Waals surface area contributed by atoms with Crippen LogP contribution in [0, 0.1) is 5.92 Å². The molecule has 1 aromatic rings. The summed E-state index contributed by atoms with van der Waals surface area (Å²) in [7, 11) is -3.64. The van der Waals surface area contributed by atoms with Crippen LogP contribution < -0.4 is 5.32 Å². The minimum atomic E-state index is -3.64. The number of amides is 1. The molecule has 1 amide bonds. The van der Waals surface area contributed by atoms with Gasteiger partial charge in [0.05, 0.1) is 23.3 Å². The van der Waals surface area contributed by atoms with Crippen molar-refractivity contribution < 1.29 is 22.7 Å². The fourth-order valence-electron chi connectivity index (χ4n) is 4.57. The van der Waals surface area contributed by atoms with E-state index in [1.54, 1.807) is 22.5 Å². The Kier molecular flexibility index (Phi) is 4.32. The highest BCUT2D eigenvalue weighted by Gasteiger charge is 2.56. The van der Waals surface area contributed by atoms with Gasteiger partial charge in [0.1, 0.15) is 0 Å². The van der Waals surface area contributed by atoms with Gasteiger partial charge in [0.2, 0.25) is 10.0 Å². The number of anilines is 1. The zero-order valence-corrected chi connectivity index (χ0v) is 16.8. The molecule has 0 aromatic heterocycles. The topological polar surface area (TPSA) is 84.9 Å². The standard InChI is InChI=1S/C20H26N2O5S/c1-13-4-2-3-9-22(13)28(24,25)16-7-8-18-17(11-16)20(19(23)21-18)26-12-15(27-20)10-14-5-6-14/h7-8,11,13-15H,2-6,9-10,12H2,1H3,(H,21,23)/t13?,15?,20-/m1/s1. The highest BCUT2D eigenvalue weighted by atomic mass is 32.2. The average molecular weight is 407 g/mol. The molecule has 0 radical (unpaired) electrons. The summed E-state index contributed by atoms with van der Waals surface area (Å²) in [6, 6.07) is 4.74. The highest BCUT2D eigenvalue weighted by molar-refractivity contribution is 7.89. The van der Waals surface area contributed by atoms with Crippen molar-refractivity contribution in [3.05, 3.63) is 23.8 Å². The number of carbonyl (C=O) groups excluding carboxylic acids is 1. The lowest BCUT2D eigenvalue weighted by Gasteiger charge is -2.32. The van der Waals surface area contributed by atoms with Gasteiger partial charge in [-0.2, -0.15) is 4.31 Å². The number of benzene rings is 1. The quantitative estimate of drug-likeness (QED) is 0.831. The van der Waals surface area contributed by atoms with Gasteiger partial charge in [-0.1, -0.05) is 19.3 Å². The van der Waals surface area contributed by atoms with Crippen LogP contribution in [0.5, 0.6) is 0 Å². The summed E-state index contributed by atoms with van der Waals surface area (Å²) < 4.78 is 40.0. The third kappa shape index (κ3) is 2.89. The minimum Gasteiger partial charge on any atom is -0.336 e. The van der Waals surface area contributed by atoms with E-state index in [0.717, 1.165) is 25.7 Å². The van der Waals surface area contributed by atoms with Crippen molar-refractivity contribution in [3.8, 4) is 0 Å². The third-order valence-corrected chi connectivity index (χ3v) is 8.35. The minimum absolute atomic E-state index is 0.0253. The molecule has 0 bridgehead atoms. The summed E-state index contributed by atoms with van der Waals surface area (Å²) in [5.74, 6) is -1.24. The summed E-state index contributed by atoms with van der Waals surface area (Å²) in [6.07, 6.45) is 5.93. The summed E-state index contributed by atoms with van der Waals surface area (Å²) >= 11 is 0. The number of hydrogen-bond acceptors (Lipinski definition) is 5. The highest BCUT2D eigenvalue weighted by Crippen LogP contribution is 2.47. The molecule has 8 heteroatoms. The summed E-state index contributed by atoms with van der Waals surface area (Å²) in [6.45, 7) is 2.82. The molecule has 1 aromatic carbocycles. The fraction of sp³-hybridized carbons (Fsp3) is 0.650. The Labute approximate surface area is 165 Å². The van der Waals surface area contributed by atoms with Crippen LogP contribution >= 0.6 is 0 Å². The lowest BCUT2D eigenvalue weighted by atomic mass is 10.1. The van der Waals surface area contributed by atoms with Crippen molar-refractivity contribution in [1.29, 1.82) is 0 Å². The van der Waals surface area contributed by atoms with Crippen LogP contribution in [-0.4, -0.2) is 43.9 Å². The van der Waals surface area contributed by atoms with Crippen molar-refractivity contribution in [2.45, 2.75) is 68.3 Å². The van der Waals surface area contributed by atoms with Gasteiger partial charge >= 0.3 is 0 Å². The SMILES string of the molecule is CC1CCCCN1S(=O)(=O)c1ccc2c(c1)[C@]1(OCC(CC3CC3)O1)C(=O)N2. The molecule has 2 unspecified atom stereocenters. The predicted octanol–water partition coefficient (Wildman–Crippen LogP) is 2.57. The van der Waals surface area contributed by atoms with E-state index in [-0.39, 0.29) is 22.9 Å². The van der Waals surface area contributed by atoms with Crippen LogP contribution in [0.25, 0.3) is 0 Å². The zero-order chi connectivity index (χ0) is 19.5. The fourth-order valence-corrected chi connectivity index (χ4v) is 6.30. The lowest BCUT2D eigenvalue weighted by molar-refractivity contribution is -0.184. The van der Waals surface area contributed by atoms with E-state index >= 15 is 0 Å². The van der Waals surface area contributed by atoms with Crippen LogP contribution in [0.15, 0.2) is 23.1 Å². The molecular weight excluding hydrogens is 380 g/mol. The molecule has 1 N–H and O–H groups in total. The maximum atomic E-state index is 13.2. The van der Waals surface area contributed by atoms with Gasteiger partial charge in [0.25, 0.3) is 11.7 Å². The average Bonchev–Trinajstić information content (AvgIpc) is 3.31. The normalized spacial score (nSPS) is 33.2. The molecule has 3 aliphatic heterocycles. The van der Waals surface area contributed by atoms with E-state index in [2.05, 4.69) is 5.32 Å². The second-order valence-electron chi connectivity index (χ2n) is 8.47. The molecule has 152 valence electrons. The molecule has 1 spiro atoms. The van der Waals surface area contributed by atoms with E-state index in [9.17, 15) is 13.2 Å². The van der Waals surface area contributed by atoms with Crippen LogP contribution in [-0.2, 0) is 30.1 Å². The first-order valence-electron chi connectivity index (χ1n) is 10.2. The van der Waals surface area contributed by atoms with Gasteiger partial charge in [0.15, 0.2) is 0 Å². The monoisotopic (exact) mass is 406 g/mol. The Balaban J connectivity index is 1.48. The summed E-state index contributed by atoms with van der Waals surface area (Å²) in [5, 5.41) is 2.79. The second kappa shape index (κ2) is 6.52. The van der Waals surface area contributed by atoms with Gasteiger partial charge in [-0.05, 0) is 50.3 Å². The number of nitrogens with zero attached hydrogens (tertiary/aromatic N) is 1. The number of nitrogens with one attached hydrogen (secondary N) is 1. The van der Waals surface area contributed by atoms with E-state index < -0.39 is 15.8 Å². The summed E-state index contributed by atoms with van der Waals surface area (Å²) in [4.78, 5) is 12.9. The molecule has 1 saturated carbocycles. The number of hydrogen-bond donors (Lipinski definition) is 1. The van der Waals surface area contributed by atoms with Crippen molar-refractivity contribution in [1.82, 2.24) is 4.31 Å². The lowest BCUT2D eigenvalue weighted by Crippen LogP contribution is -2.42. The van der Waals surface area contributed by atoms with Crippen LogP contribution in [0.4, 0.5) is 5.69 Å². The summed E-state index contributed by atoms with van der Waals surface area (Å²) in [5.41, 5.74) is 1.03. The van der Waals surface area contributed by atoms with Crippen molar-refractivity contribution in [2.24, 2.45) is 5.92 Å². The first-order chi connectivity index (χ1) is 13.4. The smallest absolute Gasteiger partial charge is 0.289 e. The van der Waals surface area contributed by atoms with E-state index in [4.69, 9.17) is 9.47 Å². The number of sulfonamides is 1.